The van der Waals surface area contributed by atoms with Crippen LogP contribution < -0.4 is 15.2 Å². The van der Waals surface area contributed by atoms with Gasteiger partial charge < -0.3 is 15.4 Å². The van der Waals surface area contributed by atoms with Crippen LogP contribution in [0.3, 0.4) is 0 Å². The molecule has 0 atom stereocenters. The number of aliphatic imine (C=N–C) groups is 2. The third kappa shape index (κ3) is 3.95. The number of benzene rings is 2. The highest BCUT2D eigenvalue weighted by Gasteiger charge is 2.23. The van der Waals surface area contributed by atoms with Crippen molar-refractivity contribution in [3.8, 4) is 11.5 Å². The van der Waals surface area contributed by atoms with Crippen LogP contribution in [0.5, 0.6) is 11.5 Å². The lowest BCUT2D eigenvalue weighted by Crippen LogP contribution is -2.36. The highest BCUT2D eigenvalue weighted by atomic mass is 32.2. The first-order chi connectivity index (χ1) is 14.4. The van der Waals surface area contributed by atoms with Crippen LogP contribution >= 0.6 is 0 Å². The Bertz CT molecular complexity index is 1150. The van der Waals surface area contributed by atoms with Crippen molar-refractivity contribution in [2.45, 2.75) is 19.8 Å². The van der Waals surface area contributed by atoms with Crippen LogP contribution in [0, 0.1) is 5.82 Å². The SMILES string of the molecule is CCCS(=O)(=O)Nc1c(N)ccc(Oc2ccc3c(c2)C2=NCCCN2C=N3)c1F. The zero-order chi connectivity index (χ0) is 21.3. The summed E-state index contributed by atoms with van der Waals surface area (Å²) in [6.07, 6.45) is 3.11. The average molecular weight is 431 g/mol. The third-order valence-corrected chi connectivity index (χ3v) is 6.19. The van der Waals surface area contributed by atoms with Crippen LogP contribution in [0.15, 0.2) is 40.3 Å². The lowest BCUT2D eigenvalue weighted by atomic mass is 10.1. The predicted octanol–water partition coefficient (Wildman–Crippen LogP) is 3.48. The molecule has 8 nitrogen and oxygen atoms in total. The molecule has 0 bridgehead atoms. The minimum Gasteiger partial charge on any atom is -0.454 e. The topological polar surface area (TPSA) is 109 Å². The zero-order valence-corrected chi connectivity index (χ0v) is 17.2. The fraction of sp³-hybridized carbons (Fsp3) is 0.300. The maximum absolute atomic E-state index is 15.0. The van der Waals surface area contributed by atoms with Gasteiger partial charge in [0, 0.05) is 18.7 Å². The number of hydrogen-bond acceptors (Lipinski definition) is 7. The molecular weight excluding hydrogens is 409 g/mol. The van der Waals surface area contributed by atoms with Crippen molar-refractivity contribution in [1.29, 1.82) is 0 Å². The number of nitrogens with one attached hydrogen (secondary N) is 1. The Kier molecular flexibility index (Phi) is 5.33. The fourth-order valence-electron chi connectivity index (χ4n) is 3.33. The van der Waals surface area contributed by atoms with E-state index in [1.807, 2.05) is 4.90 Å². The van der Waals surface area contributed by atoms with Crippen molar-refractivity contribution >= 4 is 39.3 Å². The Morgan fingerprint density at radius 2 is 2.13 bits per heavy atom. The number of nitrogens with zero attached hydrogens (tertiary/aromatic N) is 3. The normalized spacial score (nSPS) is 15.3. The molecule has 0 unspecified atom stereocenters. The molecule has 2 aliphatic rings. The van der Waals surface area contributed by atoms with Gasteiger partial charge in [0.25, 0.3) is 0 Å². The first kappa shape index (κ1) is 20.1. The van der Waals surface area contributed by atoms with Gasteiger partial charge in [-0.15, -0.1) is 0 Å². The van der Waals surface area contributed by atoms with Crippen LogP contribution in [-0.4, -0.2) is 44.3 Å². The summed E-state index contributed by atoms with van der Waals surface area (Å²) in [6.45, 7) is 3.29. The molecule has 0 fully saturated rings. The number of ether oxygens (including phenoxy) is 1. The molecule has 3 N–H and O–H groups in total. The standard InChI is InChI=1S/C20H22FN5O3S/c1-2-10-30(27,28)25-19-15(22)5-7-17(18(19)21)29-13-4-6-16-14(11-13)20-23-8-3-9-26(20)12-24-16/h4-7,11-12,25H,2-3,8-10,22H2,1H3. The van der Waals surface area contributed by atoms with Crippen LogP contribution in [0.1, 0.15) is 25.3 Å². The van der Waals surface area contributed by atoms with E-state index in [1.165, 1.54) is 12.1 Å². The molecule has 0 saturated carbocycles. The molecule has 10 heteroatoms. The summed E-state index contributed by atoms with van der Waals surface area (Å²) in [5.41, 5.74) is 7.01. The summed E-state index contributed by atoms with van der Waals surface area (Å²) in [6, 6.07) is 7.96. The number of amidine groups is 1. The Morgan fingerprint density at radius 1 is 1.30 bits per heavy atom. The molecule has 0 aliphatic carbocycles. The van der Waals surface area contributed by atoms with E-state index >= 15 is 4.39 Å². The van der Waals surface area contributed by atoms with Crippen molar-refractivity contribution < 1.29 is 17.5 Å². The number of nitrogens with two attached hydrogens (primary N) is 1. The van der Waals surface area contributed by atoms with Crippen LogP contribution in [-0.2, 0) is 10.0 Å². The minimum atomic E-state index is -3.71. The summed E-state index contributed by atoms with van der Waals surface area (Å²) in [5.74, 6) is 0.0377. The van der Waals surface area contributed by atoms with E-state index in [2.05, 4.69) is 14.7 Å². The molecule has 2 heterocycles. The summed E-state index contributed by atoms with van der Waals surface area (Å²) in [5, 5.41) is 0. The van der Waals surface area contributed by atoms with Crippen molar-refractivity contribution in [2.75, 3.05) is 29.3 Å². The first-order valence-corrected chi connectivity index (χ1v) is 11.3. The van der Waals surface area contributed by atoms with E-state index in [9.17, 15) is 8.42 Å². The van der Waals surface area contributed by atoms with Crippen molar-refractivity contribution in [1.82, 2.24) is 4.90 Å². The molecule has 2 aliphatic heterocycles. The summed E-state index contributed by atoms with van der Waals surface area (Å²) >= 11 is 0. The highest BCUT2D eigenvalue weighted by molar-refractivity contribution is 7.92. The predicted molar refractivity (Wildman–Crippen MR) is 116 cm³/mol. The summed E-state index contributed by atoms with van der Waals surface area (Å²) < 4.78 is 47.1. The van der Waals surface area contributed by atoms with Gasteiger partial charge in [0.15, 0.2) is 11.6 Å². The number of anilines is 2. The van der Waals surface area contributed by atoms with Gasteiger partial charge in [-0.2, -0.15) is 0 Å². The molecule has 158 valence electrons. The lowest BCUT2D eigenvalue weighted by molar-refractivity contribution is 0.443. The van der Waals surface area contributed by atoms with Crippen LogP contribution in [0.2, 0.25) is 0 Å². The smallest absolute Gasteiger partial charge is 0.232 e. The highest BCUT2D eigenvalue weighted by Crippen LogP contribution is 2.36. The van der Waals surface area contributed by atoms with Gasteiger partial charge in [0.1, 0.15) is 17.3 Å². The number of halogens is 1. The molecule has 0 amide bonds. The Labute approximate surface area is 174 Å². The second-order valence-electron chi connectivity index (χ2n) is 7.04. The molecule has 2 aromatic rings. The molecule has 4 rings (SSSR count). The van der Waals surface area contributed by atoms with E-state index in [0.29, 0.717) is 12.2 Å². The molecule has 30 heavy (non-hydrogen) atoms. The van der Waals surface area contributed by atoms with E-state index in [0.717, 1.165) is 36.6 Å². The first-order valence-electron chi connectivity index (χ1n) is 9.64. The summed E-state index contributed by atoms with van der Waals surface area (Å²) in [4.78, 5) is 11.0. The summed E-state index contributed by atoms with van der Waals surface area (Å²) in [7, 11) is -3.71. The Balaban J connectivity index is 1.65. The molecular formula is C20H22FN5O3S. The number of hydrogen-bond donors (Lipinski definition) is 2. The molecule has 0 saturated heterocycles. The van der Waals surface area contributed by atoms with Gasteiger partial charge >= 0.3 is 0 Å². The van der Waals surface area contributed by atoms with Gasteiger partial charge in [-0.1, -0.05) is 6.92 Å². The Hall–Kier alpha value is -3.14. The number of sulfonamides is 1. The average Bonchev–Trinajstić information content (AvgIpc) is 2.73. The van der Waals surface area contributed by atoms with Gasteiger partial charge in [0.2, 0.25) is 10.0 Å². The number of nitrogen functional groups attached to an aromatic ring is 1. The number of fused-ring (bicyclic) bond motifs is 3. The van der Waals surface area contributed by atoms with Crippen molar-refractivity contribution in [2.24, 2.45) is 9.98 Å². The van der Waals surface area contributed by atoms with E-state index < -0.39 is 15.8 Å². The van der Waals surface area contributed by atoms with E-state index in [4.69, 9.17) is 10.5 Å². The maximum Gasteiger partial charge on any atom is 0.232 e. The van der Waals surface area contributed by atoms with Gasteiger partial charge in [0.05, 0.1) is 23.5 Å². The van der Waals surface area contributed by atoms with Gasteiger partial charge in [-0.3, -0.25) is 9.71 Å². The largest absolute Gasteiger partial charge is 0.454 e. The number of rotatable bonds is 6. The van der Waals surface area contributed by atoms with Gasteiger partial charge in [-0.05, 0) is 43.2 Å². The van der Waals surface area contributed by atoms with E-state index in [-0.39, 0.29) is 22.9 Å². The minimum absolute atomic E-state index is 0.0218. The lowest BCUT2D eigenvalue weighted by Gasteiger charge is -2.29. The zero-order valence-electron chi connectivity index (χ0n) is 16.4. The third-order valence-electron chi connectivity index (χ3n) is 4.73. The van der Waals surface area contributed by atoms with Crippen molar-refractivity contribution in [3.63, 3.8) is 0 Å². The second kappa shape index (κ2) is 7.94. The monoisotopic (exact) mass is 431 g/mol. The second-order valence-corrected chi connectivity index (χ2v) is 8.88. The fourth-order valence-corrected chi connectivity index (χ4v) is 4.49. The molecule has 0 radical (unpaired) electrons. The Morgan fingerprint density at radius 3 is 2.93 bits per heavy atom. The molecule has 2 aromatic carbocycles. The quantitative estimate of drug-likeness (QED) is 0.681. The van der Waals surface area contributed by atoms with Crippen molar-refractivity contribution in [3.05, 3.63) is 41.7 Å². The molecule has 0 spiro atoms. The van der Waals surface area contributed by atoms with Crippen LogP contribution in [0.4, 0.5) is 21.5 Å². The molecule has 0 aromatic heterocycles. The van der Waals surface area contributed by atoms with Crippen LogP contribution in [0.25, 0.3) is 0 Å². The van der Waals surface area contributed by atoms with Gasteiger partial charge in [-0.25, -0.2) is 17.8 Å². The maximum atomic E-state index is 15.0. The van der Waals surface area contributed by atoms with E-state index in [1.54, 1.807) is 31.5 Å².